The van der Waals surface area contributed by atoms with Crippen LogP contribution in [0.15, 0.2) is 28.9 Å². The molecule has 2 aromatic heterocycles. The van der Waals surface area contributed by atoms with Gasteiger partial charge in [-0.1, -0.05) is 0 Å². The van der Waals surface area contributed by atoms with Gasteiger partial charge in [0.15, 0.2) is 11.5 Å². The molecule has 0 saturated carbocycles. The lowest BCUT2D eigenvalue weighted by molar-refractivity contribution is -0.0658. The molecular formula is C18H21NO6. The molecule has 0 bridgehead atoms. The fraction of sp³-hybridized carbons (Fsp3) is 0.389. The first-order valence-corrected chi connectivity index (χ1v) is 7.81. The first-order chi connectivity index (χ1) is 11.8. The molecule has 2 heterocycles. The summed E-state index contributed by atoms with van der Waals surface area (Å²) in [4.78, 5) is 4.46. The van der Waals surface area contributed by atoms with Gasteiger partial charge in [-0.15, -0.1) is 0 Å². The SMILES string of the molecule is COc1cc2nc3occc3c(OCC(O)C(C)(C)O)c2cc1OC. The van der Waals surface area contributed by atoms with Crippen LogP contribution in [-0.4, -0.2) is 47.7 Å². The number of furan rings is 1. The van der Waals surface area contributed by atoms with Gasteiger partial charge in [0.1, 0.15) is 18.5 Å². The molecule has 0 saturated heterocycles. The highest BCUT2D eigenvalue weighted by molar-refractivity contribution is 6.00. The number of rotatable bonds is 6. The van der Waals surface area contributed by atoms with Crippen LogP contribution in [0.4, 0.5) is 0 Å². The fourth-order valence-electron chi connectivity index (χ4n) is 2.48. The van der Waals surface area contributed by atoms with Crippen LogP contribution in [0.5, 0.6) is 17.2 Å². The second-order valence-corrected chi connectivity index (χ2v) is 6.29. The molecular weight excluding hydrogens is 326 g/mol. The topological polar surface area (TPSA) is 94.2 Å². The maximum atomic E-state index is 10.1. The molecule has 25 heavy (non-hydrogen) atoms. The third kappa shape index (κ3) is 3.20. The molecule has 1 atom stereocenters. The molecule has 0 fully saturated rings. The Balaban J connectivity index is 2.14. The number of fused-ring (bicyclic) bond motifs is 2. The monoisotopic (exact) mass is 347 g/mol. The van der Waals surface area contributed by atoms with Crippen LogP contribution >= 0.6 is 0 Å². The number of pyridine rings is 1. The molecule has 2 N–H and O–H groups in total. The molecule has 7 heteroatoms. The number of nitrogens with zero attached hydrogens (tertiary/aromatic N) is 1. The smallest absolute Gasteiger partial charge is 0.230 e. The van der Waals surface area contributed by atoms with E-state index in [1.807, 2.05) is 0 Å². The summed E-state index contributed by atoms with van der Waals surface area (Å²) >= 11 is 0. The lowest BCUT2D eigenvalue weighted by atomic mass is 10.0. The van der Waals surface area contributed by atoms with Gasteiger partial charge in [-0.3, -0.25) is 0 Å². The minimum Gasteiger partial charge on any atom is -0.493 e. The zero-order chi connectivity index (χ0) is 18.2. The third-order valence-electron chi connectivity index (χ3n) is 4.06. The van der Waals surface area contributed by atoms with Crippen LogP contribution < -0.4 is 14.2 Å². The maximum Gasteiger partial charge on any atom is 0.230 e. The van der Waals surface area contributed by atoms with Gasteiger partial charge in [0, 0.05) is 11.5 Å². The molecule has 134 valence electrons. The van der Waals surface area contributed by atoms with E-state index in [1.165, 1.54) is 20.1 Å². The van der Waals surface area contributed by atoms with Crippen LogP contribution in [0.3, 0.4) is 0 Å². The van der Waals surface area contributed by atoms with E-state index in [4.69, 9.17) is 18.6 Å². The summed E-state index contributed by atoms with van der Waals surface area (Å²) in [5.74, 6) is 1.57. The molecule has 0 aliphatic heterocycles. The number of benzene rings is 1. The molecule has 1 unspecified atom stereocenters. The Hall–Kier alpha value is -2.51. The van der Waals surface area contributed by atoms with Crippen molar-refractivity contribution in [1.82, 2.24) is 4.98 Å². The number of hydrogen-bond donors (Lipinski definition) is 2. The Morgan fingerprint density at radius 3 is 2.48 bits per heavy atom. The van der Waals surface area contributed by atoms with Crippen LogP contribution in [0.25, 0.3) is 22.0 Å². The summed E-state index contributed by atoms with van der Waals surface area (Å²) in [5.41, 5.74) is -0.264. The normalized spacial score (nSPS) is 13.2. The van der Waals surface area contributed by atoms with Gasteiger partial charge < -0.3 is 28.8 Å². The summed E-state index contributed by atoms with van der Waals surface area (Å²) in [5, 5.41) is 21.3. The van der Waals surface area contributed by atoms with Crippen LogP contribution in [0.2, 0.25) is 0 Å². The molecule has 3 aromatic rings. The van der Waals surface area contributed by atoms with E-state index in [9.17, 15) is 10.2 Å². The van der Waals surface area contributed by atoms with Gasteiger partial charge in [-0.25, -0.2) is 4.98 Å². The van der Waals surface area contributed by atoms with Crippen molar-refractivity contribution in [2.75, 3.05) is 20.8 Å². The van der Waals surface area contributed by atoms with Gasteiger partial charge >= 0.3 is 0 Å². The van der Waals surface area contributed by atoms with Gasteiger partial charge in [0.05, 0.1) is 37.0 Å². The van der Waals surface area contributed by atoms with Crippen molar-refractivity contribution in [3.05, 3.63) is 24.5 Å². The predicted octanol–water partition coefficient (Wildman–Crippen LogP) is 2.51. The van der Waals surface area contributed by atoms with Gasteiger partial charge in [0.25, 0.3) is 0 Å². The highest BCUT2D eigenvalue weighted by atomic mass is 16.5. The van der Waals surface area contributed by atoms with E-state index in [0.717, 1.165) is 0 Å². The van der Waals surface area contributed by atoms with Gasteiger partial charge in [0.2, 0.25) is 5.71 Å². The Morgan fingerprint density at radius 1 is 1.16 bits per heavy atom. The predicted molar refractivity (Wildman–Crippen MR) is 92.4 cm³/mol. The van der Waals surface area contributed by atoms with Gasteiger partial charge in [-0.05, 0) is 26.0 Å². The number of aliphatic hydroxyl groups excluding tert-OH is 1. The molecule has 0 spiro atoms. The lowest BCUT2D eigenvalue weighted by Crippen LogP contribution is -2.40. The summed E-state index contributed by atoms with van der Waals surface area (Å²) in [7, 11) is 3.10. The van der Waals surface area contributed by atoms with E-state index in [-0.39, 0.29) is 6.61 Å². The molecule has 1 aromatic carbocycles. The largest absolute Gasteiger partial charge is 0.493 e. The van der Waals surface area contributed by atoms with Crippen molar-refractivity contribution in [2.45, 2.75) is 25.6 Å². The standard InChI is InChI=1S/C18H21NO6/c1-18(2,21)15(20)9-25-16-10-5-6-24-17(10)19-12-8-14(23-4)13(22-3)7-11(12)16/h5-8,15,20-21H,9H2,1-4H3. The second kappa shape index (κ2) is 6.42. The van der Waals surface area contributed by atoms with Crippen LogP contribution in [-0.2, 0) is 0 Å². The van der Waals surface area contributed by atoms with Crippen LogP contribution in [0, 0.1) is 0 Å². The first-order valence-electron chi connectivity index (χ1n) is 7.81. The summed E-state index contributed by atoms with van der Waals surface area (Å²) in [6.07, 6.45) is 0.461. The Bertz CT molecular complexity index is 896. The lowest BCUT2D eigenvalue weighted by Gasteiger charge is -2.24. The Morgan fingerprint density at radius 2 is 1.84 bits per heavy atom. The number of hydrogen-bond acceptors (Lipinski definition) is 7. The second-order valence-electron chi connectivity index (χ2n) is 6.29. The van der Waals surface area contributed by atoms with E-state index < -0.39 is 11.7 Å². The molecule has 3 rings (SSSR count). The minimum absolute atomic E-state index is 0.0861. The van der Waals surface area contributed by atoms with E-state index in [1.54, 1.807) is 32.4 Å². The molecule has 0 amide bonds. The van der Waals surface area contributed by atoms with Crippen molar-refractivity contribution in [3.8, 4) is 17.2 Å². The van der Waals surface area contributed by atoms with E-state index in [0.29, 0.717) is 39.3 Å². The van der Waals surface area contributed by atoms with Crippen LogP contribution in [0.1, 0.15) is 13.8 Å². The van der Waals surface area contributed by atoms with Crippen molar-refractivity contribution in [2.24, 2.45) is 0 Å². The quantitative estimate of drug-likeness (QED) is 0.707. The number of methoxy groups -OCH3 is 2. The highest BCUT2D eigenvalue weighted by Gasteiger charge is 2.26. The van der Waals surface area contributed by atoms with Crippen molar-refractivity contribution in [1.29, 1.82) is 0 Å². The molecule has 0 radical (unpaired) electrons. The summed E-state index contributed by atoms with van der Waals surface area (Å²) < 4.78 is 21.9. The third-order valence-corrected chi connectivity index (χ3v) is 4.06. The van der Waals surface area contributed by atoms with Crippen molar-refractivity contribution >= 4 is 22.0 Å². The minimum atomic E-state index is -1.28. The molecule has 0 aliphatic rings. The van der Waals surface area contributed by atoms with Crippen molar-refractivity contribution in [3.63, 3.8) is 0 Å². The number of aliphatic hydroxyl groups is 2. The summed E-state index contributed by atoms with van der Waals surface area (Å²) in [6.45, 7) is 2.96. The van der Waals surface area contributed by atoms with Gasteiger partial charge in [-0.2, -0.15) is 0 Å². The summed E-state index contributed by atoms with van der Waals surface area (Å²) in [6, 6.07) is 5.24. The average molecular weight is 347 g/mol. The fourth-order valence-corrected chi connectivity index (χ4v) is 2.48. The zero-order valence-electron chi connectivity index (χ0n) is 14.6. The Kier molecular flexibility index (Phi) is 4.45. The Labute approximate surface area is 144 Å². The van der Waals surface area contributed by atoms with E-state index >= 15 is 0 Å². The average Bonchev–Trinajstić information content (AvgIpc) is 3.04. The molecule has 7 nitrogen and oxygen atoms in total. The van der Waals surface area contributed by atoms with Crippen molar-refractivity contribution < 1.29 is 28.8 Å². The zero-order valence-corrected chi connectivity index (χ0v) is 14.6. The van der Waals surface area contributed by atoms with E-state index in [2.05, 4.69) is 4.98 Å². The highest BCUT2D eigenvalue weighted by Crippen LogP contribution is 2.39. The molecule has 0 aliphatic carbocycles. The number of aromatic nitrogens is 1. The first kappa shape index (κ1) is 17.3. The number of ether oxygens (including phenoxy) is 3. The maximum absolute atomic E-state index is 10.1.